The Labute approximate surface area is 165 Å². The van der Waals surface area contributed by atoms with E-state index < -0.39 is 5.25 Å². The van der Waals surface area contributed by atoms with Gasteiger partial charge in [0, 0.05) is 36.3 Å². The van der Waals surface area contributed by atoms with Gasteiger partial charge in [-0.05, 0) is 12.1 Å². The lowest BCUT2D eigenvalue weighted by molar-refractivity contribution is -0.120. The minimum atomic E-state index is -0.437. The van der Waals surface area contributed by atoms with Crippen molar-refractivity contribution in [1.29, 1.82) is 0 Å². The number of ether oxygens (including phenoxy) is 1. The largest absolute Gasteiger partial charge is 0.379 e. The van der Waals surface area contributed by atoms with Crippen LogP contribution in [0.5, 0.6) is 0 Å². The highest BCUT2D eigenvalue weighted by molar-refractivity contribution is 8.01. The van der Waals surface area contributed by atoms with Crippen molar-refractivity contribution in [1.82, 2.24) is 9.88 Å². The van der Waals surface area contributed by atoms with E-state index in [0.29, 0.717) is 5.13 Å². The molecular formula is C18H20N4O3S2. The number of anilines is 2. The molecule has 2 aromatic rings. The number of fused-ring (bicyclic) bond motifs is 1. The molecule has 0 spiro atoms. The van der Waals surface area contributed by atoms with Gasteiger partial charge in [0.1, 0.15) is 0 Å². The molecule has 0 saturated carbocycles. The van der Waals surface area contributed by atoms with Gasteiger partial charge in [-0.25, -0.2) is 4.98 Å². The Balaban J connectivity index is 1.31. The zero-order valence-electron chi connectivity index (χ0n) is 14.6. The van der Waals surface area contributed by atoms with E-state index in [1.54, 1.807) is 0 Å². The van der Waals surface area contributed by atoms with Crippen LogP contribution in [0.4, 0.5) is 10.8 Å². The number of aromatic nitrogens is 1. The van der Waals surface area contributed by atoms with Crippen LogP contribution in [-0.4, -0.2) is 53.3 Å². The normalized spacial score (nSPS) is 20.0. The van der Waals surface area contributed by atoms with Gasteiger partial charge in [0.15, 0.2) is 5.13 Å². The maximum absolute atomic E-state index is 12.4. The lowest BCUT2D eigenvalue weighted by Gasteiger charge is -2.25. The summed E-state index contributed by atoms with van der Waals surface area (Å²) in [5.41, 5.74) is 1.74. The zero-order chi connectivity index (χ0) is 18.6. The number of carbonyl (C=O) groups excluding carboxylic acids is 2. The quantitative estimate of drug-likeness (QED) is 0.796. The predicted molar refractivity (Wildman–Crippen MR) is 106 cm³/mol. The molecule has 0 aliphatic carbocycles. The van der Waals surface area contributed by atoms with Crippen molar-refractivity contribution in [2.45, 2.75) is 23.1 Å². The molecule has 27 heavy (non-hydrogen) atoms. The minimum absolute atomic E-state index is 0.114. The summed E-state index contributed by atoms with van der Waals surface area (Å²) in [5.74, 6) is -0.338. The lowest BCUT2D eigenvalue weighted by atomic mass is 10.2. The first-order valence-electron chi connectivity index (χ1n) is 8.78. The van der Waals surface area contributed by atoms with Crippen molar-refractivity contribution >= 4 is 45.7 Å². The number of amides is 2. The number of para-hydroxylation sites is 1. The summed E-state index contributed by atoms with van der Waals surface area (Å²) in [6.07, 6.45) is 0.114. The van der Waals surface area contributed by atoms with E-state index in [1.807, 2.05) is 29.6 Å². The number of hydrogen-bond donors (Lipinski definition) is 2. The Morgan fingerprint density at radius 1 is 1.33 bits per heavy atom. The van der Waals surface area contributed by atoms with Crippen LogP contribution in [0.25, 0.3) is 0 Å². The second kappa shape index (κ2) is 8.39. The molecule has 9 heteroatoms. The minimum Gasteiger partial charge on any atom is -0.379 e. The zero-order valence-corrected chi connectivity index (χ0v) is 16.3. The summed E-state index contributed by atoms with van der Waals surface area (Å²) < 4.78 is 5.35. The van der Waals surface area contributed by atoms with Crippen molar-refractivity contribution in [2.24, 2.45) is 0 Å². The van der Waals surface area contributed by atoms with E-state index in [-0.39, 0.29) is 18.2 Å². The second-order valence-electron chi connectivity index (χ2n) is 6.38. The van der Waals surface area contributed by atoms with Gasteiger partial charge in [0.2, 0.25) is 11.8 Å². The van der Waals surface area contributed by atoms with Crippen LogP contribution in [-0.2, 0) is 20.9 Å². The van der Waals surface area contributed by atoms with Crippen LogP contribution in [0.2, 0.25) is 0 Å². The molecule has 4 rings (SSSR count). The Morgan fingerprint density at radius 2 is 2.15 bits per heavy atom. The molecule has 1 aromatic heterocycles. The maximum Gasteiger partial charge on any atom is 0.238 e. The fourth-order valence-electron chi connectivity index (χ4n) is 2.99. The average Bonchev–Trinajstić information content (AvgIpc) is 3.10. The fraction of sp³-hybridized carbons (Fsp3) is 0.389. The van der Waals surface area contributed by atoms with E-state index in [0.717, 1.165) is 49.1 Å². The highest BCUT2D eigenvalue weighted by atomic mass is 32.2. The number of rotatable bonds is 5. The second-order valence-corrected chi connectivity index (χ2v) is 8.48. The van der Waals surface area contributed by atoms with Crippen molar-refractivity contribution in [3.63, 3.8) is 0 Å². The number of thioether (sulfide) groups is 1. The molecule has 1 aromatic carbocycles. The molecule has 2 amide bonds. The monoisotopic (exact) mass is 404 g/mol. The number of hydrogen-bond acceptors (Lipinski definition) is 7. The number of nitrogens with zero attached hydrogens (tertiary/aromatic N) is 2. The SMILES string of the molecule is O=C(C[C@H]1Sc2ccccc2NC1=O)Nc1nc(CN2CCOCC2)cs1. The van der Waals surface area contributed by atoms with Gasteiger partial charge in [-0.1, -0.05) is 12.1 Å². The van der Waals surface area contributed by atoms with Crippen molar-refractivity contribution < 1.29 is 14.3 Å². The fourth-order valence-corrected chi connectivity index (χ4v) is 4.82. The van der Waals surface area contributed by atoms with Gasteiger partial charge < -0.3 is 15.4 Å². The van der Waals surface area contributed by atoms with Crippen LogP contribution in [0.3, 0.4) is 0 Å². The number of carbonyl (C=O) groups is 2. The molecular weight excluding hydrogens is 384 g/mol. The Morgan fingerprint density at radius 3 is 3.00 bits per heavy atom. The number of benzene rings is 1. The summed E-state index contributed by atoms with van der Waals surface area (Å²) in [7, 11) is 0. The van der Waals surface area contributed by atoms with Gasteiger partial charge in [0.05, 0.1) is 29.8 Å². The van der Waals surface area contributed by atoms with Crippen molar-refractivity contribution in [2.75, 3.05) is 36.9 Å². The average molecular weight is 405 g/mol. The van der Waals surface area contributed by atoms with Gasteiger partial charge in [-0.3, -0.25) is 14.5 Å². The van der Waals surface area contributed by atoms with Crippen LogP contribution < -0.4 is 10.6 Å². The maximum atomic E-state index is 12.4. The number of nitrogens with one attached hydrogen (secondary N) is 2. The third-order valence-corrected chi connectivity index (χ3v) is 6.45. The first-order valence-corrected chi connectivity index (χ1v) is 10.5. The molecule has 1 saturated heterocycles. The van der Waals surface area contributed by atoms with E-state index in [1.165, 1.54) is 23.1 Å². The summed E-state index contributed by atoms with van der Waals surface area (Å²) >= 11 is 2.83. The molecule has 0 radical (unpaired) electrons. The molecule has 1 fully saturated rings. The van der Waals surface area contributed by atoms with Gasteiger partial charge >= 0.3 is 0 Å². The molecule has 1 atom stereocenters. The molecule has 2 aliphatic heterocycles. The Bertz CT molecular complexity index is 836. The smallest absolute Gasteiger partial charge is 0.238 e. The number of morpholine rings is 1. The molecule has 0 unspecified atom stereocenters. The van der Waals surface area contributed by atoms with Crippen LogP contribution in [0.15, 0.2) is 34.5 Å². The van der Waals surface area contributed by atoms with E-state index >= 15 is 0 Å². The van der Waals surface area contributed by atoms with Crippen molar-refractivity contribution in [3.8, 4) is 0 Å². The molecule has 7 nitrogen and oxygen atoms in total. The van der Waals surface area contributed by atoms with E-state index in [9.17, 15) is 9.59 Å². The van der Waals surface area contributed by atoms with Gasteiger partial charge in [0.25, 0.3) is 0 Å². The molecule has 0 bridgehead atoms. The number of thiazole rings is 1. The van der Waals surface area contributed by atoms with Crippen LogP contribution >= 0.6 is 23.1 Å². The van der Waals surface area contributed by atoms with Crippen LogP contribution in [0, 0.1) is 0 Å². The Hall–Kier alpha value is -1.94. The van der Waals surface area contributed by atoms with Gasteiger partial charge in [-0.2, -0.15) is 0 Å². The highest BCUT2D eigenvalue weighted by Crippen LogP contribution is 2.36. The third-order valence-electron chi connectivity index (χ3n) is 4.36. The first-order chi connectivity index (χ1) is 13.2. The molecule has 142 valence electrons. The third kappa shape index (κ3) is 4.67. The Kier molecular flexibility index (Phi) is 5.72. The molecule has 2 N–H and O–H groups in total. The summed E-state index contributed by atoms with van der Waals surface area (Å²) in [6, 6.07) is 7.61. The van der Waals surface area contributed by atoms with E-state index in [4.69, 9.17) is 4.74 Å². The standard InChI is InChI=1S/C18H20N4O3S2/c23-16(9-15-17(24)20-13-3-1-2-4-14(13)27-15)21-18-19-12(11-26-18)10-22-5-7-25-8-6-22/h1-4,11,15H,5-10H2,(H,20,24)(H,19,21,23)/t15-/m1/s1. The topological polar surface area (TPSA) is 83.6 Å². The van der Waals surface area contributed by atoms with Gasteiger partial charge in [-0.15, -0.1) is 23.1 Å². The summed E-state index contributed by atoms with van der Waals surface area (Å²) in [6.45, 7) is 4.05. The summed E-state index contributed by atoms with van der Waals surface area (Å²) in [4.78, 5) is 32.4. The van der Waals surface area contributed by atoms with Crippen LogP contribution in [0.1, 0.15) is 12.1 Å². The lowest BCUT2D eigenvalue weighted by Crippen LogP contribution is -2.35. The summed E-state index contributed by atoms with van der Waals surface area (Å²) in [5, 5.41) is 7.78. The van der Waals surface area contributed by atoms with E-state index in [2.05, 4.69) is 20.5 Å². The highest BCUT2D eigenvalue weighted by Gasteiger charge is 2.29. The first kappa shape index (κ1) is 18.4. The van der Waals surface area contributed by atoms with Crippen molar-refractivity contribution in [3.05, 3.63) is 35.3 Å². The molecule has 3 heterocycles. The molecule has 2 aliphatic rings. The predicted octanol–water partition coefficient (Wildman–Crippen LogP) is 2.42.